The summed E-state index contributed by atoms with van der Waals surface area (Å²) < 4.78 is 1.64. The van der Waals surface area contributed by atoms with Crippen molar-refractivity contribution in [2.45, 2.75) is 31.8 Å². The molecule has 1 fully saturated rings. The first-order valence-electron chi connectivity index (χ1n) is 11.0. The number of carbonyl (C=O) groups excluding carboxylic acids is 2. The third kappa shape index (κ3) is 4.54. The van der Waals surface area contributed by atoms with Gasteiger partial charge in [0.25, 0.3) is 0 Å². The van der Waals surface area contributed by atoms with E-state index in [1.165, 1.54) is 6.08 Å². The molecule has 33 heavy (non-hydrogen) atoms. The number of H-pyrrole nitrogens is 1. The Labute approximate surface area is 191 Å². The van der Waals surface area contributed by atoms with E-state index in [1.807, 2.05) is 42.3 Å². The number of nitrogens with one attached hydrogen (secondary N) is 2. The molecule has 0 bridgehead atoms. The lowest BCUT2D eigenvalue weighted by atomic mass is 10.1. The Bertz CT molecular complexity index is 1260. The fraction of sp³-hybridized carbons (Fsp3) is 0.292. The molecule has 1 atom stereocenters. The number of hydrogen-bond acceptors (Lipinski definition) is 6. The summed E-state index contributed by atoms with van der Waals surface area (Å²) in [5.74, 6) is 0.00658. The zero-order valence-corrected chi connectivity index (χ0v) is 18.4. The van der Waals surface area contributed by atoms with E-state index in [0.717, 1.165) is 72.1 Å². The zero-order valence-electron chi connectivity index (χ0n) is 18.4. The average molecular weight is 446 g/mol. The smallest absolute Gasteiger partial charge is 0.247 e. The molecule has 1 saturated heterocycles. The largest absolute Gasteiger partial charge is 0.343 e. The summed E-state index contributed by atoms with van der Waals surface area (Å²) in [7, 11) is 0. The van der Waals surface area contributed by atoms with Crippen molar-refractivity contribution in [2.75, 3.05) is 13.1 Å². The normalized spacial score (nSPS) is 15.5. The van der Waals surface area contributed by atoms with Gasteiger partial charge in [-0.3, -0.25) is 10.1 Å². The molecule has 9 nitrogen and oxygen atoms in total. The highest BCUT2D eigenvalue weighted by Crippen LogP contribution is 2.31. The van der Waals surface area contributed by atoms with Gasteiger partial charge in [-0.15, -0.1) is 0 Å². The maximum atomic E-state index is 11.9. The number of aromatic nitrogens is 5. The SMILES string of the molecule is C=CC(=O)N1CCCC1NCCCc1cc2c(-c3cnn4ncccc34)ccnc2[nH]1.C=O. The van der Waals surface area contributed by atoms with Crippen molar-refractivity contribution in [3.8, 4) is 11.1 Å². The lowest BCUT2D eigenvalue weighted by Gasteiger charge is -2.24. The van der Waals surface area contributed by atoms with Crippen molar-refractivity contribution in [3.05, 3.63) is 61.2 Å². The minimum atomic E-state index is 0.00658. The predicted molar refractivity (Wildman–Crippen MR) is 126 cm³/mol. The molecule has 1 amide bonds. The van der Waals surface area contributed by atoms with Gasteiger partial charge >= 0.3 is 0 Å². The Morgan fingerprint density at radius 2 is 2.12 bits per heavy atom. The summed E-state index contributed by atoms with van der Waals surface area (Å²) in [5.41, 5.74) is 5.13. The monoisotopic (exact) mass is 445 g/mol. The van der Waals surface area contributed by atoms with Gasteiger partial charge in [-0.1, -0.05) is 6.58 Å². The van der Waals surface area contributed by atoms with Crippen LogP contribution in [0.15, 0.2) is 55.5 Å². The van der Waals surface area contributed by atoms with E-state index in [4.69, 9.17) is 4.79 Å². The molecule has 0 aromatic carbocycles. The summed E-state index contributed by atoms with van der Waals surface area (Å²) in [6.45, 7) is 7.25. The van der Waals surface area contributed by atoms with Crippen molar-refractivity contribution in [1.29, 1.82) is 0 Å². The van der Waals surface area contributed by atoms with Crippen molar-refractivity contribution in [3.63, 3.8) is 0 Å². The van der Waals surface area contributed by atoms with Gasteiger partial charge in [0, 0.05) is 35.6 Å². The summed E-state index contributed by atoms with van der Waals surface area (Å²) in [6, 6.07) is 8.14. The number of likely N-dealkylation sites (tertiary alicyclic amines) is 1. The van der Waals surface area contributed by atoms with Crippen LogP contribution in [-0.4, -0.2) is 61.6 Å². The Kier molecular flexibility index (Phi) is 6.89. The van der Waals surface area contributed by atoms with Gasteiger partial charge in [0.2, 0.25) is 5.91 Å². The number of amides is 1. The maximum Gasteiger partial charge on any atom is 0.247 e. The summed E-state index contributed by atoms with van der Waals surface area (Å²) in [4.78, 5) is 29.8. The molecule has 4 aromatic rings. The minimum absolute atomic E-state index is 0.00658. The van der Waals surface area contributed by atoms with E-state index in [9.17, 15) is 4.79 Å². The molecule has 9 heteroatoms. The molecule has 5 heterocycles. The van der Waals surface area contributed by atoms with Crippen molar-refractivity contribution in [1.82, 2.24) is 35.0 Å². The van der Waals surface area contributed by atoms with E-state index in [-0.39, 0.29) is 12.1 Å². The number of carbonyl (C=O) groups is 2. The lowest BCUT2D eigenvalue weighted by molar-refractivity contribution is -0.127. The van der Waals surface area contributed by atoms with Crippen molar-refractivity contribution in [2.24, 2.45) is 0 Å². The molecular weight excluding hydrogens is 418 g/mol. The van der Waals surface area contributed by atoms with E-state index in [0.29, 0.717) is 0 Å². The number of nitrogens with zero attached hydrogens (tertiary/aromatic N) is 5. The quantitative estimate of drug-likeness (QED) is 0.335. The van der Waals surface area contributed by atoms with Crippen LogP contribution in [-0.2, 0) is 16.0 Å². The van der Waals surface area contributed by atoms with Crippen LogP contribution in [0, 0.1) is 0 Å². The zero-order chi connectivity index (χ0) is 23.2. The van der Waals surface area contributed by atoms with Crippen LogP contribution in [0.5, 0.6) is 0 Å². The molecule has 2 N–H and O–H groups in total. The number of rotatable bonds is 7. The summed E-state index contributed by atoms with van der Waals surface area (Å²) >= 11 is 0. The molecule has 0 radical (unpaired) electrons. The molecule has 0 spiro atoms. The number of fused-ring (bicyclic) bond motifs is 2. The Hall–Kier alpha value is -3.85. The van der Waals surface area contributed by atoms with Crippen LogP contribution >= 0.6 is 0 Å². The number of aryl methyl sites for hydroxylation is 1. The van der Waals surface area contributed by atoms with Gasteiger partial charge in [-0.2, -0.15) is 14.8 Å². The number of aromatic amines is 1. The van der Waals surface area contributed by atoms with Gasteiger partial charge in [0.1, 0.15) is 12.4 Å². The first-order valence-corrected chi connectivity index (χ1v) is 11.0. The molecule has 5 rings (SSSR count). The standard InChI is InChI=1S/C23H25N7O.CH2O/c1-2-22(31)29-13-5-8-21(29)24-10-3-6-16-14-18-17(9-12-25-23(18)28-16)19-15-27-30-20(19)7-4-11-26-30;1-2/h2,4,7,9,11-12,14-15,21,24H,1,3,5-6,8,10,13H2,(H,25,28);1H2. The van der Waals surface area contributed by atoms with E-state index >= 15 is 0 Å². The summed E-state index contributed by atoms with van der Waals surface area (Å²) in [5, 5.41) is 13.2. The van der Waals surface area contributed by atoms with Gasteiger partial charge in [0.05, 0.1) is 17.9 Å². The summed E-state index contributed by atoms with van der Waals surface area (Å²) in [6.07, 6.45) is 10.8. The Morgan fingerprint density at radius 1 is 1.24 bits per heavy atom. The fourth-order valence-electron chi connectivity index (χ4n) is 4.40. The lowest BCUT2D eigenvalue weighted by Crippen LogP contribution is -2.44. The van der Waals surface area contributed by atoms with Crippen LogP contribution in [0.25, 0.3) is 27.7 Å². The molecule has 1 aliphatic heterocycles. The molecule has 170 valence electrons. The molecule has 4 aromatic heterocycles. The minimum Gasteiger partial charge on any atom is -0.343 e. The molecular formula is C24H27N7O2. The first kappa shape index (κ1) is 22.3. The van der Waals surface area contributed by atoms with Crippen LogP contribution in [0.1, 0.15) is 25.0 Å². The molecule has 1 aliphatic rings. The number of hydrogen-bond donors (Lipinski definition) is 2. The van der Waals surface area contributed by atoms with Crippen LogP contribution in [0.4, 0.5) is 0 Å². The van der Waals surface area contributed by atoms with E-state index in [2.05, 4.69) is 38.1 Å². The predicted octanol–water partition coefficient (Wildman–Crippen LogP) is 2.74. The second kappa shape index (κ2) is 10.2. The van der Waals surface area contributed by atoms with E-state index in [1.54, 1.807) is 10.8 Å². The average Bonchev–Trinajstić information content (AvgIpc) is 3.60. The van der Waals surface area contributed by atoms with Crippen molar-refractivity contribution < 1.29 is 9.59 Å². The Morgan fingerprint density at radius 3 is 2.97 bits per heavy atom. The van der Waals surface area contributed by atoms with Gasteiger partial charge in [0.15, 0.2) is 0 Å². The number of pyridine rings is 1. The van der Waals surface area contributed by atoms with Gasteiger partial charge < -0.3 is 14.7 Å². The fourth-order valence-corrected chi connectivity index (χ4v) is 4.40. The molecule has 0 saturated carbocycles. The van der Waals surface area contributed by atoms with Gasteiger partial charge in [-0.25, -0.2) is 4.98 Å². The Balaban J connectivity index is 0.00000126. The van der Waals surface area contributed by atoms with Gasteiger partial charge in [-0.05, 0) is 68.1 Å². The first-order chi connectivity index (χ1) is 16.2. The highest BCUT2D eigenvalue weighted by atomic mass is 16.2. The van der Waals surface area contributed by atoms with Crippen LogP contribution < -0.4 is 5.32 Å². The third-order valence-corrected chi connectivity index (χ3v) is 5.90. The molecule has 1 unspecified atom stereocenters. The van der Waals surface area contributed by atoms with Crippen LogP contribution in [0.3, 0.4) is 0 Å². The van der Waals surface area contributed by atoms with E-state index < -0.39 is 0 Å². The second-order valence-electron chi connectivity index (χ2n) is 7.82. The molecule has 0 aliphatic carbocycles. The maximum absolute atomic E-state index is 11.9. The van der Waals surface area contributed by atoms with Crippen LogP contribution in [0.2, 0.25) is 0 Å². The topological polar surface area (TPSA) is 108 Å². The third-order valence-electron chi connectivity index (χ3n) is 5.90. The highest BCUT2D eigenvalue weighted by molar-refractivity contribution is 5.97. The second-order valence-corrected chi connectivity index (χ2v) is 7.82. The highest BCUT2D eigenvalue weighted by Gasteiger charge is 2.26. The van der Waals surface area contributed by atoms with Crippen molar-refractivity contribution >= 4 is 29.2 Å².